The number of rotatable bonds is 4. The van der Waals surface area contributed by atoms with Gasteiger partial charge in [-0.3, -0.25) is 0 Å². The summed E-state index contributed by atoms with van der Waals surface area (Å²) in [4.78, 5) is 0. The smallest absolute Gasteiger partial charge is 0.231 e. The highest BCUT2D eigenvalue weighted by Gasteiger charge is 2.56. The Balaban J connectivity index is 1.42. The average molecular weight is 372 g/mol. The van der Waals surface area contributed by atoms with Gasteiger partial charge >= 0.3 is 0 Å². The van der Waals surface area contributed by atoms with Gasteiger partial charge in [0.2, 0.25) is 13.1 Å². The minimum Gasteiger partial charge on any atom is -0.504 e. The Morgan fingerprint density at radius 1 is 1.07 bits per heavy atom. The van der Waals surface area contributed by atoms with E-state index in [-0.39, 0.29) is 23.9 Å². The van der Waals surface area contributed by atoms with Crippen molar-refractivity contribution >= 4 is 0 Å². The number of hydrogen-bond donors (Lipinski definition) is 1. The Hall–Kier alpha value is -2.64. The van der Waals surface area contributed by atoms with E-state index in [1.165, 1.54) is 7.11 Å². The van der Waals surface area contributed by atoms with E-state index in [4.69, 9.17) is 28.4 Å². The van der Waals surface area contributed by atoms with Crippen molar-refractivity contribution in [2.75, 3.05) is 33.7 Å². The topological polar surface area (TPSA) is 75.6 Å². The van der Waals surface area contributed by atoms with Crippen LogP contribution in [-0.4, -0.2) is 45.1 Å². The first kappa shape index (κ1) is 16.5. The van der Waals surface area contributed by atoms with Gasteiger partial charge in [0.25, 0.3) is 0 Å². The molecule has 5 rings (SSSR count). The monoisotopic (exact) mass is 372 g/mol. The Labute approximate surface area is 156 Å². The third-order valence-electron chi connectivity index (χ3n) is 5.55. The number of phenolic OH excluding ortho intramolecular Hbond substituents is 1. The molecule has 27 heavy (non-hydrogen) atoms. The maximum absolute atomic E-state index is 9.76. The van der Waals surface area contributed by atoms with E-state index in [1.54, 1.807) is 18.2 Å². The molecule has 7 nitrogen and oxygen atoms in total. The van der Waals surface area contributed by atoms with Crippen molar-refractivity contribution in [3.05, 3.63) is 42.0 Å². The van der Waals surface area contributed by atoms with Crippen molar-refractivity contribution in [2.24, 2.45) is 5.92 Å². The highest BCUT2D eigenvalue weighted by molar-refractivity contribution is 5.48. The van der Waals surface area contributed by atoms with E-state index in [9.17, 15) is 5.11 Å². The molecule has 0 bridgehead atoms. The van der Waals surface area contributed by atoms with Gasteiger partial charge in [0, 0.05) is 6.07 Å². The first-order valence-corrected chi connectivity index (χ1v) is 8.83. The highest BCUT2D eigenvalue weighted by Crippen LogP contribution is 2.48. The van der Waals surface area contributed by atoms with Crippen molar-refractivity contribution < 1.29 is 33.5 Å². The maximum Gasteiger partial charge on any atom is 0.231 e. The molecule has 2 aromatic rings. The van der Waals surface area contributed by atoms with Gasteiger partial charge in [-0.15, -0.1) is 0 Å². The molecule has 0 aliphatic carbocycles. The summed E-state index contributed by atoms with van der Waals surface area (Å²) < 4.78 is 34.0. The molecule has 3 aliphatic heterocycles. The van der Waals surface area contributed by atoms with Crippen LogP contribution in [0, 0.1) is 5.92 Å². The zero-order valence-electron chi connectivity index (χ0n) is 14.8. The molecule has 2 saturated heterocycles. The van der Waals surface area contributed by atoms with E-state index in [0.717, 1.165) is 17.1 Å². The molecule has 0 amide bonds. The molecule has 7 heteroatoms. The number of hydrogen-bond acceptors (Lipinski definition) is 7. The summed E-state index contributed by atoms with van der Waals surface area (Å²) in [5, 5.41) is 9.76. The number of methoxy groups -OCH3 is 1. The minimum atomic E-state index is -0.452. The lowest BCUT2D eigenvalue weighted by atomic mass is 9.74. The van der Waals surface area contributed by atoms with Gasteiger partial charge in [-0.2, -0.15) is 0 Å². The quantitative estimate of drug-likeness (QED) is 0.883. The number of phenols is 1. The van der Waals surface area contributed by atoms with Crippen LogP contribution in [-0.2, 0) is 14.9 Å². The van der Waals surface area contributed by atoms with Crippen molar-refractivity contribution in [1.29, 1.82) is 0 Å². The maximum atomic E-state index is 9.76. The Morgan fingerprint density at radius 3 is 2.85 bits per heavy atom. The number of benzene rings is 2. The van der Waals surface area contributed by atoms with Gasteiger partial charge in [-0.05, 0) is 29.8 Å². The van der Waals surface area contributed by atoms with E-state index in [1.807, 2.05) is 18.2 Å². The summed E-state index contributed by atoms with van der Waals surface area (Å²) in [7, 11) is 1.50. The Bertz CT molecular complexity index is 867. The predicted molar refractivity (Wildman–Crippen MR) is 93.6 cm³/mol. The van der Waals surface area contributed by atoms with E-state index >= 15 is 0 Å². The van der Waals surface area contributed by atoms with E-state index < -0.39 is 6.29 Å². The van der Waals surface area contributed by atoms with Crippen LogP contribution in [0.25, 0.3) is 0 Å². The molecule has 0 radical (unpaired) electrons. The van der Waals surface area contributed by atoms with Gasteiger partial charge in [-0.1, -0.05) is 6.07 Å². The lowest BCUT2D eigenvalue weighted by Crippen LogP contribution is -2.37. The van der Waals surface area contributed by atoms with E-state index in [2.05, 4.69) is 0 Å². The van der Waals surface area contributed by atoms with Crippen molar-refractivity contribution in [1.82, 2.24) is 0 Å². The minimum absolute atomic E-state index is 0.0395. The second-order valence-corrected chi connectivity index (χ2v) is 6.98. The van der Waals surface area contributed by atoms with Crippen LogP contribution in [0.5, 0.6) is 28.7 Å². The van der Waals surface area contributed by atoms with Crippen LogP contribution in [0.4, 0.5) is 0 Å². The molecular formula is C20H20O7. The summed E-state index contributed by atoms with van der Waals surface area (Å²) in [6.45, 7) is 1.86. The van der Waals surface area contributed by atoms with Gasteiger partial charge in [0.05, 0.1) is 38.3 Å². The first-order valence-electron chi connectivity index (χ1n) is 8.83. The molecule has 3 unspecified atom stereocenters. The zero-order valence-corrected chi connectivity index (χ0v) is 14.8. The number of aromatic hydroxyl groups is 1. The SMILES string of the molecule is COc1cc(OC2OCC3(c4ccc5c(c4)OCO5)COCC23)ccc1O. The van der Waals surface area contributed by atoms with Crippen LogP contribution < -0.4 is 18.9 Å². The predicted octanol–water partition coefficient (Wildman–Crippen LogP) is 2.45. The van der Waals surface area contributed by atoms with Crippen molar-refractivity contribution in [2.45, 2.75) is 11.7 Å². The van der Waals surface area contributed by atoms with Crippen molar-refractivity contribution in [3.8, 4) is 28.7 Å². The number of ether oxygens (including phenoxy) is 6. The fourth-order valence-electron chi connectivity index (χ4n) is 4.04. The highest BCUT2D eigenvalue weighted by atomic mass is 16.7. The molecular weight excluding hydrogens is 352 g/mol. The molecule has 2 aromatic carbocycles. The standard InChI is InChI=1S/C20H20O7/c1-22-17-7-13(3-4-15(17)21)27-19-14-8-23-9-20(14,10-24-19)12-2-5-16-18(6-12)26-11-25-16/h2-7,14,19,21H,8-11H2,1H3. The van der Waals surface area contributed by atoms with Crippen LogP contribution in [0.2, 0.25) is 0 Å². The Morgan fingerprint density at radius 2 is 1.96 bits per heavy atom. The lowest BCUT2D eigenvalue weighted by Gasteiger charge is -2.27. The lowest BCUT2D eigenvalue weighted by molar-refractivity contribution is -0.0736. The van der Waals surface area contributed by atoms with Crippen LogP contribution in [0.15, 0.2) is 36.4 Å². The molecule has 0 spiro atoms. The summed E-state index contributed by atoms with van der Waals surface area (Å²) in [5.74, 6) is 2.54. The summed E-state index contributed by atoms with van der Waals surface area (Å²) >= 11 is 0. The molecule has 1 N–H and O–H groups in total. The molecule has 2 fully saturated rings. The van der Waals surface area contributed by atoms with Crippen LogP contribution >= 0.6 is 0 Å². The van der Waals surface area contributed by atoms with Crippen molar-refractivity contribution in [3.63, 3.8) is 0 Å². The van der Waals surface area contributed by atoms with Crippen LogP contribution in [0.3, 0.4) is 0 Å². The van der Waals surface area contributed by atoms with Crippen LogP contribution in [0.1, 0.15) is 5.56 Å². The van der Waals surface area contributed by atoms with Gasteiger partial charge < -0.3 is 33.5 Å². The zero-order chi connectivity index (χ0) is 18.4. The average Bonchev–Trinajstić information content (AvgIpc) is 3.39. The largest absolute Gasteiger partial charge is 0.504 e. The second kappa shape index (κ2) is 6.21. The molecule has 142 valence electrons. The fourth-order valence-corrected chi connectivity index (χ4v) is 4.04. The molecule has 3 heterocycles. The summed E-state index contributed by atoms with van der Waals surface area (Å²) in [6, 6.07) is 10.9. The second-order valence-electron chi connectivity index (χ2n) is 6.98. The normalized spacial score (nSPS) is 28.2. The van der Waals surface area contributed by atoms with Gasteiger partial charge in [0.1, 0.15) is 5.75 Å². The number of fused-ring (bicyclic) bond motifs is 2. The summed E-state index contributed by atoms with van der Waals surface area (Å²) in [5.41, 5.74) is 0.816. The van der Waals surface area contributed by atoms with E-state index in [0.29, 0.717) is 31.3 Å². The molecule has 0 aromatic heterocycles. The molecule has 0 saturated carbocycles. The molecule has 3 aliphatic rings. The Kier molecular flexibility index (Phi) is 3.80. The fraction of sp³-hybridized carbons (Fsp3) is 0.400. The van der Waals surface area contributed by atoms with Gasteiger partial charge in [0.15, 0.2) is 23.0 Å². The molecule has 3 atom stereocenters. The third kappa shape index (κ3) is 2.57. The summed E-state index contributed by atoms with van der Waals surface area (Å²) in [6.07, 6.45) is -0.452. The van der Waals surface area contributed by atoms with Gasteiger partial charge in [-0.25, -0.2) is 0 Å². The first-order chi connectivity index (χ1) is 13.2. The third-order valence-corrected chi connectivity index (χ3v) is 5.55.